The molecule has 1 amide bonds. The van der Waals surface area contributed by atoms with Crippen molar-refractivity contribution in [1.82, 2.24) is 5.32 Å². The van der Waals surface area contributed by atoms with Crippen molar-refractivity contribution in [3.05, 3.63) is 54.1 Å². The van der Waals surface area contributed by atoms with E-state index in [0.29, 0.717) is 11.3 Å². The second kappa shape index (κ2) is 6.52. The van der Waals surface area contributed by atoms with E-state index < -0.39 is 0 Å². The lowest BCUT2D eigenvalue weighted by atomic mass is 10.2. The van der Waals surface area contributed by atoms with Crippen molar-refractivity contribution >= 4 is 11.6 Å². The third kappa shape index (κ3) is 3.22. The Hall–Kier alpha value is -2.49. The number of nitrogens with one attached hydrogen (secondary N) is 1. The van der Waals surface area contributed by atoms with Crippen LogP contribution in [0.5, 0.6) is 11.5 Å². The highest BCUT2D eigenvalue weighted by molar-refractivity contribution is 5.94. The first-order chi connectivity index (χ1) is 10.8. The maximum Gasteiger partial charge on any atom is 0.251 e. The molecule has 1 heterocycles. The van der Waals surface area contributed by atoms with Crippen molar-refractivity contribution in [1.29, 1.82) is 0 Å². The molecule has 2 aromatic rings. The predicted molar refractivity (Wildman–Crippen MR) is 87.8 cm³/mol. The van der Waals surface area contributed by atoms with Crippen LogP contribution in [0.3, 0.4) is 0 Å². The fourth-order valence-corrected chi connectivity index (χ4v) is 2.68. The topological polar surface area (TPSA) is 41.6 Å². The van der Waals surface area contributed by atoms with Gasteiger partial charge in [-0.05, 0) is 55.3 Å². The van der Waals surface area contributed by atoms with Gasteiger partial charge in [-0.2, -0.15) is 0 Å². The van der Waals surface area contributed by atoms with Gasteiger partial charge in [0.25, 0.3) is 5.91 Å². The van der Waals surface area contributed by atoms with Gasteiger partial charge in [-0.25, -0.2) is 0 Å². The molecule has 22 heavy (non-hydrogen) atoms. The number of hydrogen-bond donors (Lipinski definition) is 1. The molecule has 0 radical (unpaired) electrons. The van der Waals surface area contributed by atoms with Crippen molar-refractivity contribution in [2.75, 3.05) is 25.0 Å². The Morgan fingerprint density at radius 1 is 1.05 bits per heavy atom. The van der Waals surface area contributed by atoms with Gasteiger partial charge in [-0.3, -0.25) is 4.79 Å². The van der Waals surface area contributed by atoms with Gasteiger partial charge < -0.3 is 15.0 Å². The normalized spacial score (nSPS) is 14.0. The van der Waals surface area contributed by atoms with Crippen molar-refractivity contribution in [2.24, 2.45) is 0 Å². The number of hydrogen-bond acceptors (Lipinski definition) is 3. The second-order valence-electron chi connectivity index (χ2n) is 5.40. The number of rotatable bonds is 4. The molecule has 0 bridgehead atoms. The number of benzene rings is 2. The Morgan fingerprint density at radius 2 is 1.77 bits per heavy atom. The summed E-state index contributed by atoms with van der Waals surface area (Å²) >= 11 is 0. The lowest BCUT2D eigenvalue weighted by Gasteiger charge is -2.17. The third-order valence-electron chi connectivity index (χ3n) is 3.87. The summed E-state index contributed by atoms with van der Waals surface area (Å²) in [5.41, 5.74) is 1.83. The minimum absolute atomic E-state index is 0.116. The summed E-state index contributed by atoms with van der Waals surface area (Å²) in [6.45, 7) is 2.27. The number of nitrogens with zero attached hydrogens (tertiary/aromatic N) is 1. The van der Waals surface area contributed by atoms with Crippen LogP contribution in [0, 0.1) is 0 Å². The highest BCUT2D eigenvalue weighted by Crippen LogP contribution is 2.26. The van der Waals surface area contributed by atoms with Crippen LogP contribution >= 0.6 is 0 Å². The molecular formula is C18H20N2O2. The Kier molecular flexibility index (Phi) is 4.28. The number of carbonyl (C=O) groups is 1. The van der Waals surface area contributed by atoms with E-state index in [1.54, 1.807) is 19.2 Å². The average Bonchev–Trinajstić information content (AvgIpc) is 3.09. The predicted octanol–water partition coefficient (Wildman–Crippen LogP) is 3.44. The molecule has 1 fully saturated rings. The number of anilines is 1. The molecular weight excluding hydrogens is 276 g/mol. The molecule has 1 saturated heterocycles. The van der Waals surface area contributed by atoms with Crippen LogP contribution in [0.4, 0.5) is 5.69 Å². The van der Waals surface area contributed by atoms with Crippen LogP contribution in [0.15, 0.2) is 48.5 Å². The fourth-order valence-electron chi connectivity index (χ4n) is 2.68. The summed E-state index contributed by atoms with van der Waals surface area (Å²) in [6, 6.07) is 15.3. The molecule has 0 atom stereocenters. The second-order valence-corrected chi connectivity index (χ2v) is 5.40. The van der Waals surface area contributed by atoms with Crippen LogP contribution in [0.25, 0.3) is 0 Å². The highest BCUT2D eigenvalue weighted by Gasteiger charge is 2.12. The molecule has 0 unspecified atom stereocenters. The van der Waals surface area contributed by atoms with Gasteiger partial charge in [0.2, 0.25) is 0 Å². The number of ether oxygens (including phenoxy) is 1. The summed E-state index contributed by atoms with van der Waals surface area (Å²) in [7, 11) is 1.62. The highest BCUT2D eigenvalue weighted by atomic mass is 16.5. The van der Waals surface area contributed by atoms with Gasteiger partial charge in [-0.15, -0.1) is 0 Å². The third-order valence-corrected chi connectivity index (χ3v) is 3.87. The van der Waals surface area contributed by atoms with Crippen LogP contribution in [0.2, 0.25) is 0 Å². The summed E-state index contributed by atoms with van der Waals surface area (Å²) < 4.78 is 5.83. The van der Waals surface area contributed by atoms with Crippen molar-refractivity contribution in [3.63, 3.8) is 0 Å². The minimum atomic E-state index is -0.116. The van der Waals surface area contributed by atoms with E-state index in [1.165, 1.54) is 18.5 Å². The summed E-state index contributed by atoms with van der Waals surface area (Å²) in [5, 5.41) is 2.61. The van der Waals surface area contributed by atoms with E-state index in [-0.39, 0.29) is 5.91 Å². The van der Waals surface area contributed by atoms with E-state index in [1.807, 2.05) is 24.3 Å². The van der Waals surface area contributed by atoms with E-state index >= 15 is 0 Å². The van der Waals surface area contributed by atoms with Crippen molar-refractivity contribution in [2.45, 2.75) is 12.8 Å². The maximum atomic E-state index is 11.6. The summed E-state index contributed by atoms with van der Waals surface area (Å²) in [4.78, 5) is 14.0. The lowest BCUT2D eigenvalue weighted by molar-refractivity contribution is 0.0963. The molecule has 114 valence electrons. The molecule has 0 spiro atoms. The van der Waals surface area contributed by atoms with Gasteiger partial charge >= 0.3 is 0 Å². The van der Waals surface area contributed by atoms with E-state index in [2.05, 4.69) is 22.3 Å². The lowest BCUT2D eigenvalue weighted by Crippen LogP contribution is -2.17. The van der Waals surface area contributed by atoms with E-state index in [4.69, 9.17) is 4.74 Å². The smallest absolute Gasteiger partial charge is 0.251 e. The van der Waals surface area contributed by atoms with Gasteiger partial charge in [0, 0.05) is 31.4 Å². The molecule has 1 aliphatic rings. The molecule has 0 aromatic heterocycles. The fraction of sp³-hybridized carbons (Fsp3) is 0.278. The quantitative estimate of drug-likeness (QED) is 0.939. The molecule has 0 aliphatic carbocycles. The van der Waals surface area contributed by atoms with Crippen molar-refractivity contribution in [3.8, 4) is 11.5 Å². The molecule has 4 heteroatoms. The molecule has 3 rings (SSSR count). The monoisotopic (exact) mass is 296 g/mol. The maximum absolute atomic E-state index is 11.6. The SMILES string of the molecule is CNC(=O)c1cccc(Oc2ccc(N3CCCC3)cc2)c1. The van der Waals surface area contributed by atoms with Crippen molar-refractivity contribution < 1.29 is 9.53 Å². The molecule has 2 aromatic carbocycles. The Balaban J connectivity index is 1.71. The molecule has 1 aliphatic heterocycles. The van der Waals surface area contributed by atoms with Gasteiger partial charge in [0.05, 0.1) is 0 Å². The zero-order chi connectivity index (χ0) is 15.4. The Labute approximate surface area is 130 Å². The first-order valence-corrected chi connectivity index (χ1v) is 7.61. The Bertz CT molecular complexity index is 646. The zero-order valence-corrected chi connectivity index (χ0v) is 12.7. The van der Waals surface area contributed by atoms with Crippen LogP contribution in [0.1, 0.15) is 23.2 Å². The van der Waals surface area contributed by atoms with Gasteiger partial charge in [0.15, 0.2) is 0 Å². The average molecular weight is 296 g/mol. The first kappa shape index (κ1) is 14.4. The standard InChI is InChI=1S/C18H20N2O2/c1-19-18(21)14-5-4-6-17(13-14)22-16-9-7-15(8-10-16)20-11-2-3-12-20/h4-10,13H,2-3,11-12H2,1H3,(H,19,21). The summed E-state index contributed by atoms with van der Waals surface area (Å²) in [6.07, 6.45) is 2.54. The summed E-state index contributed by atoms with van der Waals surface area (Å²) in [5.74, 6) is 1.32. The first-order valence-electron chi connectivity index (χ1n) is 7.61. The van der Waals surface area contributed by atoms with Crippen LogP contribution < -0.4 is 15.0 Å². The molecule has 0 saturated carbocycles. The van der Waals surface area contributed by atoms with Crippen LogP contribution in [-0.4, -0.2) is 26.0 Å². The van der Waals surface area contributed by atoms with E-state index in [0.717, 1.165) is 18.8 Å². The minimum Gasteiger partial charge on any atom is -0.457 e. The zero-order valence-electron chi connectivity index (χ0n) is 12.7. The largest absolute Gasteiger partial charge is 0.457 e. The molecule has 4 nitrogen and oxygen atoms in total. The number of amides is 1. The van der Waals surface area contributed by atoms with Gasteiger partial charge in [0.1, 0.15) is 11.5 Å². The molecule has 1 N–H and O–H groups in total. The van der Waals surface area contributed by atoms with E-state index in [9.17, 15) is 4.79 Å². The number of carbonyl (C=O) groups excluding carboxylic acids is 1. The van der Waals surface area contributed by atoms with Crippen LogP contribution in [-0.2, 0) is 0 Å². The Morgan fingerprint density at radius 3 is 2.45 bits per heavy atom. The van der Waals surface area contributed by atoms with Gasteiger partial charge in [-0.1, -0.05) is 6.07 Å².